The number of hydrogen-bond acceptors (Lipinski definition) is 3. The highest BCUT2D eigenvalue weighted by Gasteiger charge is 2.17. The molecule has 0 unspecified atom stereocenters. The molecule has 0 saturated heterocycles. The van der Waals surface area contributed by atoms with E-state index in [-0.39, 0.29) is 17.5 Å². The molecule has 5 aromatic rings. The lowest BCUT2D eigenvalue weighted by atomic mass is 9.99. The number of hydrogen-bond donors (Lipinski definition) is 2. The molecule has 4 aromatic carbocycles. The number of fused-ring (bicyclic) bond motifs is 1. The van der Waals surface area contributed by atoms with Crippen LogP contribution >= 0.6 is 0 Å². The van der Waals surface area contributed by atoms with Crippen molar-refractivity contribution in [2.45, 2.75) is 32.9 Å². The minimum atomic E-state index is -0.943. The van der Waals surface area contributed by atoms with Gasteiger partial charge in [0, 0.05) is 10.9 Å². The molecule has 0 bridgehead atoms. The number of benzene rings is 4. The largest absolute Gasteiger partial charge is 0.478 e. The Kier molecular flexibility index (Phi) is 7.05. The van der Waals surface area contributed by atoms with Crippen molar-refractivity contribution in [3.8, 4) is 11.1 Å². The summed E-state index contributed by atoms with van der Waals surface area (Å²) in [7, 11) is 0. The summed E-state index contributed by atoms with van der Waals surface area (Å²) in [6.07, 6.45) is 0.801. The highest BCUT2D eigenvalue weighted by atomic mass is 16.4. The second-order valence-corrected chi connectivity index (χ2v) is 9.37. The molecule has 1 amide bonds. The molecular formula is C32H29N3O3. The van der Waals surface area contributed by atoms with E-state index in [1.54, 1.807) is 12.1 Å². The minimum absolute atomic E-state index is 0.0475. The van der Waals surface area contributed by atoms with Gasteiger partial charge in [-0.25, -0.2) is 4.79 Å². The second-order valence-electron chi connectivity index (χ2n) is 9.37. The molecule has 0 radical (unpaired) electrons. The van der Waals surface area contributed by atoms with Crippen LogP contribution in [0.25, 0.3) is 22.0 Å². The van der Waals surface area contributed by atoms with Crippen LogP contribution in [0.5, 0.6) is 0 Å². The molecule has 0 spiro atoms. The molecule has 38 heavy (non-hydrogen) atoms. The normalized spacial score (nSPS) is 11.8. The third kappa shape index (κ3) is 5.06. The first-order valence-corrected chi connectivity index (χ1v) is 12.7. The van der Waals surface area contributed by atoms with Gasteiger partial charge >= 0.3 is 5.97 Å². The molecule has 5 rings (SSSR count). The van der Waals surface area contributed by atoms with Gasteiger partial charge in [-0.3, -0.25) is 9.48 Å². The molecule has 6 nitrogen and oxygen atoms in total. The van der Waals surface area contributed by atoms with Crippen molar-refractivity contribution in [3.63, 3.8) is 0 Å². The Morgan fingerprint density at radius 1 is 0.921 bits per heavy atom. The lowest BCUT2D eigenvalue weighted by Crippen LogP contribution is -2.28. The number of amides is 1. The van der Waals surface area contributed by atoms with Gasteiger partial charge in [-0.1, -0.05) is 79.7 Å². The fourth-order valence-electron chi connectivity index (χ4n) is 4.83. The van der Waals surface area contributed by atoms with E-state index in [1.165, 1.54) is 0 Å². The van der Waals surface area contributed by atoms with Crippen molar-refractivity contribution in [1.29, 1.82) is 0 Å². The molecule has 6 heteroatoms. The first-order valence-electron chi connectivity index (χ1n) is 12.7. The van der Waals surface area contributed by atoms with Crippen molar-refractivity contribution in [2.24, 2.45) is 0 Å². The number of carboxylic acid groups (broad SMARTS) is 1. The van der Waals surface area contributed by atoms with Gasteiger partial charge in [0.05, 0.1) is 29.4 Å². The third-order valence-electron chi connectivity index (χ3n) is 6.87. The van der Waals surface area contributed by atoms with Crippen LogP contribution in [0.2, 0.25) is 0 Å². The number of aromatic nitrogens is 2. The molecule has 1 atom stereocenters. The highest BCUT2D eigenvalue weighted by molar-refractivity contribution is 5.99. The predicted octanol–water partition coefficient (Wildman–Crippen LogP) is 6.64. The quantitative estimate of drug-likeness (QED) is 0.249. The minimum Gasteiger partial charge on any atom is -0.478 e. The Balaban J connectivity index is 1.36. The van der Waals surface area contributed by atoms with E-state index >= 15 is 0 Å². The summed E-state index contributed by atoms with van der Waals surface area (Å²) in [6.45, 7) is 4.57. The number of carbonyl (C=O) groups excluding carboxylic acids is 1. The molecule has 0 aliphatic heterocycles. The van der Waals surface area contributed by atoms with Crippen LogP contribution in [0.1, 0.15) is 56.9 Å². The van der Waals surface area contributed by atoms with Crippen molar-refractivity contribution in [1.82, 2.24) is 15.1 Å². The zero-order valence-electron chi connectivity index (χ0n) is 21.4. The average Bonchev–Trinajstić information content (AvgIpc) is 3.26. The second kappa shape index (κ2) is 10.7. The lowest BCUT2D eigenvalue weighted by molar-refractivity contribution is 0.0697. The summed E-state index contributed by atoms with van der Waals surface area (Å²) in [5.74, 6) is -1.05. The standard InChI is InChI=1S/C32H29N3O3/c1-3-29(24-9-5-4-6-10-24)33-31(36)25-17-18-30-28(19-25)21(2)34-35(30)20-22-13-15-23(16-14-22)26-11-7-8-12-27(26)32(37)38/h4-19,29H,3,20H2,1-2H3,(H,33,36)(H,37,38)/t29-/m0/s1. The van der Waals surface area contributed by atoms with Crippen LogP contribution in [0, 0.1) is 6.92 Å². The molecule has 1 heterocycles. The summed E-state index contributed by atoms with van der Waals surface area (Å²) in [5.41, 5.74) is 6.37. The molecule has 0 fully saturated rings. The number of aryl methyl sites for hydroxylation is 1. The van der Waals surface area contributed by atoms with Crippen LogP contribution in [-0.2, 0) is 6.54 Å². The monoisotopic (exact) mass is 503 g/mol. The van der Waals surface area contributed by atoms with Crippen LogP contribution in [0.4, 0.5) is 0 Å². The Hall–Kier alpha value is -4.71. The van der Waals surface area contributed by atoms with E-state index in [9.17, 15) is 14.7 Å². The maximum atomic E-state index is 13.1. The van der Waals surface area contributed by atoms with Crippen molar-refractivity contribution in [3.05, 3.63) is 125 Å². The van der Waals surface area contributed by atoms with E-state index in [0.29, 0.717) is 17.7 Å². The summed E-state index contributed by atoms with van der Waals surface area (Å²) < 4.78 is 1.94. The van der Waals surface area contributed by atoms with Crippen molar-refractivity contribution < 1.29 is 14.7 Å². The molecular weight excluding hydrogens is 474 g/mol. The highest BCUT2D eigenvalue weighted by Crippen LogP contribution is 2.26. The molecule has 190 valence electrons. The Morgan fingerprint density at radius 3 is 2.34 bits per heavy atom. The van der Waals surface area contributed by atoms with E-state index in [0.717, 1.165) is 39.7 Å². The first-order chi connectivity index (χ1) is 18.4. The van der Waals surface area contributed by atoms with Gasteiger partial charge in [0.2, 0.25) is 0 Å². The number of nitrogens with zero attached hydrogens (tertiary/aromatic N) is 2. The van der Waals surface area contributed by atoms with Gasteiger partial charge in [0.1, 0.15) is 0 Å². The van der Waals surface area contributed by atoms with Crippen LogP contribution < -0.4 is 5.32 Å². The Bertz CT molecular complexity index is 1600. The smallest absolute Gasteiger partial charge is 0.336 e. The van der Waals surface area contributed by atoms with Crippen LogP contribution in [0.15, 0.2) is 97.1 Å². The molecule has 0 saturated carbocycles. The molecule has 0 aliphatic carbocycles. The molecule has 2 N–H and O–H groups in total. The van der Waals surface area contributed by atoms with Crippen LogP contribution in [-0.4, -0.2) is 26.8 Å². The van der Waals surface area contributed by atoms with Gasteiger partial charge in [-0.15, -0.1) is 0 Å². The van der Waals surface area contributed by atoms with Crippen molar-refractivity contribution in [2.75, 3.05) is 0 Å². The molecule has 0 aliphatic rings. The maximum absolute atomic E-state index is 13.1. The number of aromatic carboxylic acids is 1. The van der Waals surface area contributed by atoms with E-state index in [1.807, 2.05) is 96.5 Å². The summed E-state index contributed by atoms with van der Waals surface area (Å²) in [5, 5.41) is 18.3. The first kappa shape index (κ1) is 25.0. The zero-order valence-corrected chi connectivity index (χ0v) is 21.4. The number of carbonyl (C=O) groups is 2. The van der Waals surface area contributed by atoms with Gasteiger partial charge in [0.15, 0.2) is 0 Å². The Morgan fingerprint density at radius 2 is 1.63 bits per heavy atom. The average molecular weight is 504 g/mol. The fourth-order valence-corrected chi connectivity index (χ4v) is 4.83. The summed E-state index contributed by atoms with van der Waals surface area (Å²) >= 11 is 0. The van der Waals surface area contributed by atoms with E-state index < -0.39 is 5.97 Å². The fraction of sp³-hybridized carbons (Fsp3) is 0.156. The third-order valence-corrected chi connectivity index (χ3v) is 6.87. The lowest BCUT2D eigenvalue weighted by Gasteiger charge is -2.17. The van der Waals surface area contributed by atoms with Gasteiger partial charge < -0.3 is 10.4 Å². The number of nitrogens with one attached hydrogen (secondary N) is 1. The zero-order chi connectivity index (χ0) is 26.6. The Labute approximate surface area is 221 Å². The summed E-state index contributed by atoms with van der Waals surface area (Å²) in [6, 6.07) is 30.5. The SMILES string of the molecule is CC[C@H](NC(=O)c1ccc2c(c1)c(C)nn2Cc1ccc(-c2ccccc2C(=O)O)cc1)c1ccccc1. The van der Waals surface area contributed by atoms with E-state index in [4.69, 9.17) is 5.10 Å². The van der Waals surface area contributed by atoms with E-state index in [2.05, 4.69) is 12.2 Å². The predicted molar refractivity (Wildman–Crippen MR) is 149 cm³/mol. The van der Waals surface area contributed by atoms with Crippen LogP contribution in [0.3, 0.4) is 0 Å². The number of rotatable bonds is 8. The molecule has 1 aromatic heterocycles. The van der Waals surface area contributed by atoms with Gasteiger partial charge in [-0.05, 0) is 59.9 Å². The van der Waals surface area contributed by atoms with Gasteiger partial charge in [-0.2, -0.15) is 5.10 Å². The summed E-state index contributed by atoms with van der Waals surface area (Å²) in [4.78, 5) is 24.7. The van der Waals surface area contributed by atoms with Gasteiger partial charge in [0.25, 0.3) is 5.91 Å². The maximum Gasteiger partial charge on any atom is 0.336 e. The topological polar surface area (TPSA) is 84.2 Å². The van der Waals surface area contributed by atoms with Crippen molar-refractivity contribution >= 4 is 22.8 Å². The number of carboxylic acids is 1.